The number of carbonyl (C=O) groups is 4. The summed E-state index contributed by atoms with van der Waals surface area (Å²) in [5.41, 5.74) is -0.536. The molecule has 37 heavy (non-hydrogen) atoms. The monoisotopic (exact) mass is 539 g/mol. The van der Waals surface area contributed by atoms with Gasteiger partial charge in [-0.15, -0.1) is 0 Å². The standard InChI is InChI=1S/C26H41N3O7S/c1-8-35-21(31)13-15-27-23(32)22(18-11-9-10-12-20(18)30)29(17(2)3)24(33)19(14-16-37-7)28-25(34)36-26(4,5)6/h9-12,17,19,22,30H,8,13-16H2,1-7H3,(H,27,32)(H,28,34). The number of nitrogens with one attached hydrogen (secondary N) is 2. The molecule has 0 radical (unpaired) electrons. The molecule has 0 spiro atoms. The number of alkyl carbamates (subject to hydrolysis) is 1. The van der Waals surface area contributed by atoms with E-state index in [9.17, 15) is 24.3 Å². The second-order valence-electron chi connectivity index (χ2n) is 9.63. The van der Waals surface area contributed by atoms with Gasteiger partial charge in [0, 0.05) is 18.2 Å². The van der Waals surface area contributed by atoms with Crippen LogP contribution in [-0.4, -0.2) is 76.7 Å². The maximum absolute atomic E-state index is 13.9. The molecule has 0 fully saturated rings. The average Bonchev–Trinajstić information content (AvgIpc) is 2.79. The maximum Gasteiger partial charge on any atom is 0.408 e. The van der Waals surface area contributed by atoms with Gasteiger partial charge in [-0.2, -0.15) is 11.8 Å². The number of phenolic OH excluding ortho intramolecular Hbond substituents is 1. The number of nitrogens with zero attached hydrogens (tertiary/aromatic N) is 1. The summed E-state index contributed by atoms with van der Waals surface area (Å²) in [5, 5.41) is 15.9. The minimum Gasteiger partial charge on any atom is -0.508 e. The van der Waals surface area contributed by atoms with Crippen molar-refractivity contribution in [2.24, 2.45) is 0 Å². The van der Waals surface area contributed by atoms with Crippen molar-refractivity contribution in [2.45, 2.75) is 78.1 Å². The van der Waals surface area contributed by atoms with Gasteiger partial charge in [0.25, 0.3) is 0 Å². The van der Waals surface area contributed by atoms with Crippen molar-refractivity contribution in [3.63, 3.8) is 0 Å². The molecule has 0 aromatic heterocycles. The Balaban J connectivity index is 3.36. The maximum atomic E-state index is 13.9. The molecule has 1 rings (SSSR count). The summed E-state index contributed by atoms with van der Waals surface area (Å²) in [5.74, 6) is -1.12. The highest BCUT2D eigenvalue weighted by Crippen LogP contribution is 2.31. The van der Waals surface area contributed by atoms with E-state index in [-0.39, 0.29) is 30.9 Å². The number of amides is 3. The van der Waals surface area contributed by atoms with E-state index in [1.54, 1.807) is 59.7 Å². The van der Waals surface area contributed by atoms with Crippen molar-refractivity contribution >= 4 is 35.6 Å². The zero-order valence-electron chi connectivity index (χ0n) is 22.8. The lowest BCUT2D eigenvalue weighted by atomic mass is 9.99. The van der Waals surface area contributed by atoms with E-state index in [0.29, 0.717) is 12.2 Å². The van der Waals surface area contributed by atoms with Gasteiger partial charge in [0.1, 0.15) is 23.4 Å². The van der Waals surface area contributed by atoms with Gasteiger partial charge < -0.3 is 30.1 Å². The lowest BCUT2D eigenvalue weighted by molar-refractivity contribution is -0.145. The quantitative estimate of drug-likeness (QED) is 0.325. The second-order valence-corrected chi connectivity index (χ2v) is 10.6. The molecule has 0 aliphatic heterocycles. The van der Waals surface area contributed by atoms with Crippen molar-refractivity contribution < 1.29 is 33.8 Å². The number of hydrogen-bond donors (Lipinski definition) is 3. The fourth-order valence-corrected chi connectivity index (χ4v) is 4.03. The lowest BCUT2D eigenvalue weighted by Crippen LogP contribution is -2.55. The predicted molar refractivity (Wildman–Crippen MR) is 143 cm³/mol. The number of carbonyl (C=O) groups excluding carboxylic acids is 4. The Morgan fingerprint density at radius 3 is 2.32 bits per heavy atom. The fraction of sp³-hybridized carbons (Fsp3) is 0.615. The average molecular weight is 540 g/mol. The molecule has 0 heterocycles. The normalized spacial score (nSPS) is 12.9. The van der Waals surface area contributed by atoms with E-state index < -0.39 is 47.6 Å². The Bertz CT molecular complexity index is 918. The number of aromatic hydroxyl groups is 1. The SMILES string of the molecule is CCOC(=O)CCNC(=O)C(c1ccccc1O)N(C(=O)C(CCSC)NC(=O)OC(C)(C)C)C(C)C. The van der Waals surface area contributed by atoms with Crippen LogP contribution in [0.15, 0.2) is 24.3 Å². The number of hydrogen-bond acceptors (Lipinski definition) is 8. The summed E-state index contributed by atoms with van der Waals surface area (Å²) in [7, 11) is 0. The molecule has 0 aliphatic carbocycles. The van der Waals surface area contributed by atoms with Crippen molar-refractivity contribution in [3.8, 4) is 5.75 Å². The third-order valence-corrected chi connectivity index (χ3v) is 5.75. The minimum absolute atomic E-state index is 0.00600. The van der Waals surface area contributed by atoms with Gasteiger partial charge >= 0.3 is 12.1 Å². The van der Waals surface area contributed by atoms with Crippen molar-refractivity contribution in [1.29, 1.82) is 0 Å². The van der Waals surface area contributed by atoms with E-state index in [4.69, 9.17) is 9.47 Å². The van der Waals surface area contributed by atoms with Crippen LogP contribution in [0.3, 0.4) is 0 Å². The van der Waals surface area contributed by atoms with Gasteiger partial charge in [-0.1, -0.05) is 18.2 Å². The first-order valence-corrected chi connectivity index (χ1v) is 13.7. The van der Waals surface area contributed by atoms with Crippen LogP contribution >= 0.6 is 11.8 Å². The number of ether oxygens (including phenoxy) is 2. The van der Waals surface area contributed by atoms with Crippen LogP contribution in [0.4, 0.5) is 4.79 Å². The summed E-state index contributed by atoms with van der Waals surface area (Å²) in [6.07, 6.45) is 1.41. The highest BCUT2D eigenvalue weighted by atomic mass is 32.2. The predicted octanol–water partition coefficient (Wildman–Crippen LogP) is 3.39. The van der Waals surface area contributed by atoms with Crippen molar-refractivity contribution in [3.05, 3.63) is 29.8 Å². The molecule has 10 nitrogen and oxygen atoms in total. The first-order valence-electron chi connectivity index (χ1n) is 12.3. The highest BCUT2D eigenvalue weighted by Gasteiger charge is 2.38. The van der Waals surface area contributed by atoms with Crippen LogP contribution in [0.5, 0.6) is 5.75 Å². The summed E-state index contributed by atoms with van der Waals surface area (Å²) >= 11 is 1.51. The molecular weight excluding hydrogens is 498 g/mol. The Morgan fingerprint density at radius 2 is 1.78 bits per heavy atom. The molecule has 208 valence electrons. The van der Waals surface area contributed by atoms with E-state index in [0.717, 1.165) is 0 Å². The zero-order chi connectivity index (χ0) is 28.2. The molecular formula is C26H41N3O7S. The molecule has 2 unspecified atom stereocenters. The van der Waals surface area contributed by atoms with Gasteiger partial charge in [-0.3, -0.25) is 14.4 Å². The molecule has 0 aliphatic rings. The van der Waals surface area contributed by atoms with Gasteiger partial charge in [-0.25, -0.2) is 4.79 Å². The molecule has 1 aromatic rings. The van der Waals surface area contributed by atoms with Crippen LogP contribution in [0.1, 0.15) is 66.0 Å². The third-order valence-electron chi connectivity index (χ3n) is 5.10. The van der Waals surface area contributed by atoms with E-state index in [2.05, 4.69) is 10.6 Å². The fourth-order valence-electron chi connectivity index (χ4n) is 3.56. The number of phenols is 1. The minimum atomic E-state index is -1.21. The topological polar surface area (TPSA) is 134 Å². The smallest absolute Gasteiger partial charge is 0.408 e. The van der Waals surface area contributed by atoms with Crippen LogP contribution in [-0.2, 0) is 23.9 Å². The number of esters is 1. The molecule has 0 saturated heterocycles. The Morgan fingerprint density at radius 1 is 1.14 bits per heavy atom. The van der Waals surface area contributed by atoms with Crippen LogP contribution in [0, 0.1) is 0 Å². The van der Waals surface area contributed by atoms with Crippen LogP contribution < -0.4 is 10.6 Å². The van der Waals surface area contributed by atoms with Gasteiger partial charge in [0.2, 0.25) is 11.8 Å². The Labute approximate surface area is 223 Å². The summed E-state index contributed by atoms with van der Waals surface area (Å²) in [6.45, 7) is 10.6. The second kappa shape index (κ2) is 15.3. The van der Waals surface area contributed by atoms with E-state index >= 15 is 0 Å². The largest absolute Gasteiger partial charge is 0.508 e. The molecule has 3 amide bonds. The highest BCUT2D eigenvalue weighted by molar-refractivity contribution is 7.98. The lowest BCUT2D eigenvalue weighted by Gasteiger charge is -2.37. The Kier molecular flexibility index (Phi) is 13.3. The summed E-state index contributed by atoms with van der Waals surface area (Å²) in [6, 6.07) is 3.60. The molecule has 3 N–H and O–H groups in total. The summed E-state index contributed by atoms with van der Waals surface area (Å²) < 4.78 is 10.3. The molecule has 0 saturated carbocycles. The van der Waals surface area contributed by atoms with Gasteiger partial charge in [0.15, 0.2) is 0 Å². The van der Waals surface area contributed by atoms with Gasteiger partial charge in [-0.05, 0) is 66.0 Å². The van der Waals surface area contributed by atoms with Crippen LogP contribution in [0.2, 0.25) is 0 Å². The third kappa shape index (κ3) is 10.9. The Hall–Kier alpha value is -2.95. The number of rotatable bonds is 13. The first-order chi connectivity index (χ1) is 17.3. The molecule has 0 bridgehead atoms. The van der Waals surface area contributed by atoms with Crippen molar-refractivity contribution in [1.82, 2.24) is 15.5 Å². The summed E-state index contributed by atoms with van der Waals surface area (Å²) in [4.78, 5) is 53.0. The number of thioether (sulfide) groups is 1. The van der Waals surface area contributed by atoms with Gasteiger partial charge in [0.05, 0.1) is 13.0 Å². The number of para-hydroxylation sites is 1. The molecule has 11 heteroatoms. The molecule has 1 aromatic carbocycles. The molecule has 2 atom stereocenters. The number of benzene rings is 1. The van der Waals surface area contributed by atoms with Crippen LogP contribution in [0.25, 0.3) is 0 Å². The van der Waals surface area contributed by atoms with Crippen molar-refractivity contribution in [2.75, 3.05) is 25.2 Å². The van der Waals surface area contributed by atoms with E-state index in [1.807, 2.05) is 6.26 Å². The first kappa shape index (κ1) is 32.1. The van der Waals surface area contributed by atoms with E-state index in [1.165, 1.54) is 22.7 Å². The zero-order valence-corrected chi connectivity index (χ0v) is 23.6.